The largest absolute Gasteiger partial charge is 0.326 e. The number of rotatable bonds is 6. The first kappa shape index (κ1) is 16.1. The third-order valence-electron chi connectivity index (χ3n) is 2.12. The zero-order valence-electron chi connectivity index (χ0n) is 9.80. The van der Waals surface area contributed by atoms with Gasteiger partial charge in [-0.1, -0.05) is 11.6 Å². The van der Waals surface area contributed by atoms with E-state index in [1.165, 1.54) is 7.05 Å². The van der Waals surface area contributed by atoms with E-state index in [-0.39, 0.29) is 16.5 Å². The smallest absolute Gasteiger partial charge is 0.266 e. The Balaban J connectivity index is 2.82. The molecular weight excluding hydrogens is 318 g/mol. The molecule has 19 heavy (non-hydrogen) atoms. The highest BCUT2D eigenvalue weighted by Crippen LogP contribution is 2.09. The molecule has 1 aromatic rings. The summed E-state index contributed by atoms with van der Waals surface area (Å²) >= 11 is 5.51. The highest BCUT2D eigenvalue weighted by atomic mass is 35.5. The first-order valence-electron chi connectivity index (χ1n) is 4.97. The minimum atomic E-state index is -3.93. The third-order valence-corrected chi connectivity index (χ3v) is 5.20. The van der Waals surface area contributed by atoms with E-state index >= 15 is 0 Å². The second kappa shape index (κ2) is 6.01. The maximum Gasteiger partial charge on any atom is 0.266 e. The molecule has 0 aliphatic carbocycles. The molecule has 8 nitrogen and oxygen atoms in total. The average molecular weight is 330 g/mol. The van der Waals surface area contributed by atoms with E-state index in [0.717, 1.165) is 12.3 Å². The lowest BCUT2D eigenvalue weighted by molar-refractivity contribution is 0.578. The summed E-state index contributed by atoms with van der Waals surface area (Å²) in [6, 6.07) is 0.981. The predicted molar refractivity (Wildman–Crippen MR) is 70.1 cm³/mol. The number of halogens is 1. The minimum absolute atomic E-state index is 0.251. The summed E-state index contributed by atoms with van der Waals surface area (Å²) in [5.74, 6) is -0.403. The Morgan fingerprint density at radius 2 is 1.95 bits per heavy atom. The van der Waals surface area contributed by atoms with Gasteiger partial charge in [0.15, 0.2) is 0 Å². The number of pyridine rings is 1. The van der Waals surface area contributed by atoms with Crippen LogP contribution in [-0.4, -0.2) is 41.2 Å². The Morgan fingerprint density at radius 1 is 1.32 bits per heavy atom. The van der Waals surface area contributed by atoms with Crippen LogP contribution in [0, 0.1) is 0 Å². The number of nitrogens with one attached hydrogen (secondary N) is 3. The van der Waals surface area contributed by atoms with E-state index in [1.54, 1.807) is 0 Å². The standard InChI is InChI=1S/C8H12ClN3O5S2/c1-10-18(14,15)3-2-12-19(16,17)6-4-7(9)8(13)11-5-6/h4-5,10,12H,2-3H2,1H3,(H,11,13). The van der Waals surface area contributed by atoms with Gasteiger partial charge in [-0.05, 0) is 13.1 Å². The van der Waals surface area contributed by atoms with Gasteiger partial charge >= 0.3 is 0 Å². The zero-order chi connectivity index (χ0) is 14.7. The number of aromatic nitrogens is 1. The minimum Gasteiger partial charge on any atom is -0.326 e. The van der Waals surface area contributed by atoms with Gasteiger partial charge in [0.25, 0.3) is 5.56 Å². The average Bonchev–Trinajstić information content (AvgIpc) is 2.32. The van der Waals surface area contributed by atoms with Gasteiger partial charge in [-0.3, -0.25) is 4.79 Å². The first-order chi connectivity index (χ1) is 8.68. The van der Waals surface area contributed by atoms with Crippen LogP contribution in [0.4, 0.5) is 0 Å². The van der Waals surface area contributed by atoms with Crippen molar-refractivity contribution in [2.75, 3.05) is 19.3 Å². The summed E-state index contributed by atoms with van der Waals surface area (Å²) in [4.78, 5) is 12.9. The normalized spacial score (nSPS) is 12.5. The SMILES string of the molecule is CNS(=O)(=O)CCNS(=O)(=O)c1c[nH]c(=O)c(Cl)c1. The molecule has 0 aliphatic rings. The highest BCUT2D eigenvalue weighted by molar-refractivity contribution is 7.90. The molecule has 3 N–H and O–H groups in total. The number of sulfonamides is 2. The maximum atomic E-state index is 11.8. The first-order valence-corrected chi connectivity index (χ1v) is 8.48. The van der Waals surface area contributed by atoms with E-state index in [9.17, 15) is 21.6 Å². The van der Waals surface area contributed by atoms with Gasteiger partial charge in [0.1, 0.15) is 5.02 Å². The second-order valence-corrected chi connectivity index (χ2v) is 7.65. The van der Waals surface area contributed by atoms with E-state index in [1.807, 2.05) is 0 Å². The quantitative estimate of drug-likeness (QED) is 0.608. The van der Waals surface area contributed by atoms with Crippen LogP contribution in [0.3, 0.4) is 0 Å². The fraction of sp³-hybridized carbons (Fsp3) is 0.375. The molecule has 0 spiro atoms. The van der Waals surface area contributed by atoms with Crippen LogP contribution in [0.2, 0.25) is 5.02 Å². The molecule has 1 aromatic heterocycles. The van der Waals surface area contributed by atoms with E-state index in [2.05, 4.69) is 14.4 Å². The molecule has 0 saturated heterocycles. The van der Waals surface area contributed by atoms with Crippen molar-refractivity contribution in [3.8, 4) is 0 Å². The molecule has 0 aliphatic heterocycles. The monoisotopic (exact) mass is 329 g/mol. The van der Waals surface area contributed by atoms with Gasteiger partial charge in [0.05, 0.1) is 10.6 Å². The molecule has 1 heterocycles. The van der Waals surface area contributed by atoms with Crippen molar-refractivity contribution < 1.29 is 16.8 Å². The summed E-state index contributed by atoms with van der Waals surface area (Å²) < 4.78 is 49.9. The van der Waals surface area contributed by atoms with Crippen molar-refractivity contribution in [1.29, 1.82) is 0 Å². The van der Waals surface area contributed by atoms with Crippen LogP contribution >= 0.6 is 11.6 Å². The topological polar surface area (TPSA) is 125 Å². The zero-order valence-corrected chi connectivity index (χ0v) is 12.2. The highest BCUT2D eigenvalue weighted by Gasteiger charge is 2.16. The Kier molecular flexibility index (Phi) is 5.10. The summed E-state index contributed by atoms with van der Waals surface area (Å²) in [6.07, 6.45) is 0.975. The molecule has 11 heteroatoms. The van der Waals surface area contributed by atoms with Gasteiger partial charge in [-0.15, -0.1) is 0 Å². The summed E-state index contributed by atoms with van der Waals surface area (Å²) in [5, 5.41) is -0.272. The van der Waals surface area contributed by atoms with Crippen LogP contribution in [0.15, 0.2) is 22.0 Å². The fourth-order valence-electron chi connectivity index (χ4n) is 1.09. The maximum absolute atomic E-state index is 11.8. The van der Waals surface area contributed by atoms with Gasteiger partial charge in [0.2, 0.25) is 20.0 Å². The molecule has 0 fully saturated rings. The summed E-state index contributed by atoms with van der Waals surface area (Å²) in [6.45, 7) is -0.303. The molecule has 0 bridgehead atoms. The number of H-pyrrole nitrogens is 1. The second-order valence-electron chi connectivity index (χ2n) is 3.43. The molecule has 0 radical (unpaired) electrons. The number of hydrogen-bond acceptors (Lipinski definition) is 5. The fourth-order valence-corrected chi connectivity index (χ4v) is 3.05. The van der Waals surface area contributed by atoms with Crippen LogP contribution < -0.4 is 15.0 Å². The van der Waals surface area contributed by atoms with Crippen molar-refractivity contribution in [3.05, 3.63) is 27.6 Å². The summed E-state index contributed by atoms with van der Waals surface area (Å²) in [5.41, 5.74) is -0.613. The van der Waals surface area contributed by atoms with Crippen molar-refractivity contribution in [3.63, 3.8) is 0 Å². The number of aromatic amines is 1. The van der Waals surface area contributed by atoms with Crippen molar-refractivity contribution in [1.82, 2.24) is 14.4 Å². The summed E-state index contributed by atoms with van der Waals surface area (Å²) in [7, 11) is -6.20. The van der Waals surface area contributed by atoms with E-state index in [4.69, 9.17) is 11.6 Å². The Labute approximate surface area is 115 Å². The van der Waals surface area contributed by atoms with Gasteiger partial charge in [-0.25, -0.2) is 26.3 Å². The lowest BCUT2D eigenvalue weighted by atomic mass is 10.5. The molecule has 0 atom stereocenters. The third kappa shape index (κ3) is 4.58. The van der Waals surface area contributed by atoms with Crippen LogP contribution in [-0.2, 0) is 20.0 Å². The van der Waals surface area contributed by atoms with Crippen molar-refractivity contribution >= 4 is 31.6 Å². The number of hydrogen-bond donors (Lipinski definition) is 3. The lowest BCUT2D eigenvalue weighted by Crippen LogP contribution is -2.33. The Hall–Kier alpha value is -0.940. The van der Waals surface area contributed by atoms with Crippen LogP contribution in [0.5, 0.6) is 0 Å². The Morgan fingerprint density at radius 3 is 2.47 bits per heavy atom. The molecule has 0 saturated carbocycles. The van der Waals surface area contributed by atoms with E-state index < -0.39 is 31.4 Å². The predicted octanol–water partition coefficient (Wildman–Crippen LogP) is -1.14. The van der Waals surface area contributed by atoms with Crippen LogP contribution in [0.1, 0.15) is 0 Å². The van der Waals surface area contributed by atoms with Gasteiger partial charge < -0.3 is 4.98 Å². The van der Waals surface area contributed by atoms with Crippen molar-refractivity contribution in [2.24, 2.45) is 0 Å². The molecule has 108 valence electrons. The van der Waals surface area contributed by atoms with Crippen LogP contribution in [0.25, 0.3) is 0 Å². The van der Waals surface area contributed by atoms with E-state index in [0.29, 0.717) is 0 Å². The van der Waals surface area contributed by atoms with Crippen molar-refractivity contribution in [2.45, 2.75) is 4.90 Å². The molecule has 0 aromatic carbocycles. The Bertz CT molecular complexity index is 710. The lowest BCUT2D eigenvalue weighted by Gasteiger charge is -2.06. The molecule has 0 unspecified atom stereocenters. The molecular formula is C8H12ClN3O5S2. The molecule has 1 rings (SSSR count). The van der Waals surface area contributed by atoms with Gasteiger partial charge in [-0.2, -0.15) is 0 Å². The molecule has 0 amide bonds. The van der Waals surface area contributed by atoms with Gasteiger partial charge in [0, 0.05) is 12.7 Å².